The molecule has 1 saturated heterocycles. The van der Waals surface area contributed by atoms with E-state index in [0.29, 0.717) is 29.2 Å². The molecule has 2 aromatic rings. The maximum Gasteiger partial charge on any atom is 0.270 e. The third-order valence-corrected chi connectivity index (χ3v) is 5.23. The first-order valence-electron chi connectivity index (χ1n) is 9.65. The highest BCUT2D eigenvalue weighted by atomic mass is 32.1. The molecule has 0 aromatic heterocycles. The molecule has 1 fully saturated rings. The van der Waals surface area contributed by atoms with Crippen molar-refractivity contribution in [2.24, 2.45) is 0 Å². The van der Waals surface area contributed by atoms with Crippen LogP contribution in [0.2, 0.25) is 0 Å². The minimum atomic E-state index is -0.545. The normalized spacial score (nSPS) is 15.2. The fraction of sp³-hybridized carbons (Fsp3) is 0.208. The van der Waals surface area contributed by atoms with Gasteiger partial charge in [0.1, 0.15) is 5.57 Å². The van der Waals surface area contributed by atoms with Crippen LogP contribution >= 0.6 is 12.2 Å². The topological polar surface area (TPSA) is 67.9 Å². The molecule has 0 saturated carbocycles. The number of rotatable bonds is 6. The lowest BCUT2D eigenvalue weighted by molar-refractivity contribution is -0.122. The molecule has 3 rings (SSSR count). The lowest BCUT2D eigenvalue weighted by atomic mass is 10.0. The molecule has 0 spiro atoms. The Morgan fingerprint density at radius 3 is 2.48 bits per heavy atom. The fourth-order valence-corrected chi connectivity index (χ4v) is 3.83. The first-order chi connectivity index (χ1) is 14.8. The molecule has 1 N–H and O–H groups in total. The molecule has 2 aromatic carbocycles. The molecular weight excluding hydrogens is 412 g/mol. The number of nitrogens with zero attached hydrogens (tertiary/aromatic N) is 1. The zero-order valence-corrected chi connectivity index (χ0v) is 18.8. The van der Waals surface area contributed by atoms with Crippen molar-refractivity contribution in [2.75, 3.05) is 19.1 Å². The van der Waals surface area contributed by atoms with Crippen LogP contribution in [0, 0.1) is 13.8 Å². The van der Waals surface area contributed by atoms with Crippen molar-refractivity contribution in [1.82, 2.24) is 5.32 Å². The second kappa shape index (κ2) is 9.14. The van der Waals surface area contributed by atoms with E-state index in [-0.39, 0.29) is 10.7 Å². The molecule has 0 bridgehead atoms. The number of nitrogens with one attached hydrogen (secondary N) is 1. The predicted molar refractivity (Wildman–Crippen MR) is 126 cm³/mol. The number of allylic oxidation sites excluding steroid dienone is 1. The third kappa shape index (κ3) is 4.36. The zero-order valence-electron chi connectivity index (χ0n) is 17.9. The van der Waals surface area contributed by atoms with E-state index in [2.05, 4.69) is 11.9 Å². The lowest BCUT2D eigenvalue weighted by Crippen LogP contribution is -2.54. The van der Waals surface area contributed by atoms with Gasteiger partial charge in [-0.2, -0.15) is 0 Å². The van der Waals surface area contributed by atoms with Crippen LogP contribution in [0.1, 0.15) is 22.3 Å². The number of hydrogen-bond donors (Lipinski definition) is 1. The molecule has 2 amide bonds. The highest BCUT2D eigenvalue weighted by molar-refractivity contribution is 7.80. The van der Waals surface area contributed by atoms with E-state index in [4.69, 9.17) is 21.7 Å². The predicted octanol–water partition coefficient (Wildman–Crippen LogP) is 3.88. The van der Waals surface area contributed by atoms with Crippen LogP contribution in [0.3, 0.4) is 0 Å². The largest absolute Gasteiger partial charge is 0.493 e. The molecule has 1 heterocycles. The van der Waals surface area contributed by atoms with Crippen molar-refractivity contribution < 1.29 is 19.1 Å². The number of amides is 2. The number of carbonyl (C=O) groups excluding carboxylic acids is 2. The second-order valence-electron chi connectivity index (χ2n) is 7.16. The Labute approximate surface area is 187 Å². The molecule has 31 heavy (non-hydrogen) atoms. The van der Waals surface area contributed by atoms with Crippen LogP contribution in [-0.2, 0) is 16.0 Å². The van der Waals surface area contributed by atoms with Gasteiger partial charge in [-0.05, 0) is 67.9 Å². The van der Waals surface area contributed by atoms with Crippen molar-refractivity contribution in [3.05, 3.63) is 70.8 Å². The van der Waals surface area contributed by atoms with Crippen molar-refractivity contribution in [2.45, 2.75) is 20.3 Å². The Bertz CT molecular complexity index is 1120. The molecule has 0 aliphatic carbocycles. The minimum absolute atomic E-state index is 0.0228. The maximum absolute atomic E-state index is 13.3. The molecule has 160 valence electrons. The number of aryl methyl sites for hydroxylation is 2. The highest BCUT2D eigenvalue weighted by Crippen LogP contribution is 2.34. The van der Waals surface area contributed by atoms with Crippen LogP contribution in [0.25, 0.3) is 6.08 Å². The lowest BCUT2D eigenvalue weighted by Gasteiger charge is -2.30. The van der Waals surface area contributed by atoms with Gasteiger partial charge in [0.15, 0.2) is 16.6 Å². The van der Waals surface area contributed by atoms with Crippen molar-refractivity contribution in [3.8, 4) is 11.5 Å². The number of carbonyl (C=O) groups is 2. The van der Waals surface area contributed by atoms with Gasteiger partial charge in [0, 0.05) is 5.56 Å². The van der Waals surface area contributed by atoms with E-state index in [9.17, 15) is 9.59 Å². The quantitative estimate of drug-likeness (QED) is 0.322. The summed E-state index contributed by atoms with van der Waals surface area (Å²) in [7, 11) is 3.09. The fourth-order valence-electron chi connectivity index (χ4n) is 3.56. The van der Waals surface area contributed by atoms with Crippen LogP contribution < -0.4 is 19.7 Å². The summed E-state index contributed by atoms with van der Waals surface area (Å²) in [4.78, 5) is 27.3. The number of methoxy groups -OCH3 is 2. The van der Waals surface area contributed by atoms with Gasteiger partial charge in [0.25, 0.3) is 11.8 Å². The number of thiocarbonyl (C=S) groups is 1. The zero-order chi connectivity index (χ0) is 22.7. The molecule has 1 aliphatic rings. The Hall–Kier alpha value is -3.45. The van der Waals surface area contributed by atoms with Gasteiger partial charge in [0.05, 0.1) is 19.9 Å². The number of benzene rings is 2. The van der Waals surface area contributed by atoms with E-state index in [1.807, 2.05) is 38.1 Å². The minimum Gasteiger partial charge on any atom is -0.493 e. The smallest absolute Gasteiger partial charge is 0.270 e. The van der Waals surface area contributed by atoms with E-state index in [1.165, 1.54) is 18.1 Å². The Kier molecular flexibility index (Phi) is 6.56. The van der Waals surface area contributed by atoms with Crippen LogP contribution in [0.4, 0.5) is 5.69 Å². The Morgan fingerprint density at radius 2 is 1.87 bits per heavy atom. The monoisotopic (exact) mass is 436 g/mol. The summed E-state index contributed by atoms with van der Waals surface area (Å²) in [6.45, 7) is 7.64. The summed E-state index contributed by atoms with van der Waals surface area (Å²) in [5.74, 6) is 0.0537. The Morgan fingerprint density at radius 1 is 1.13 bits per heavy atom. The first kappa shape index (κ1) is 22.2. The molecule has 1 aliphatic heterocycles. The second-order valence-corrected chi connectivity index (χ2v) is 7.54. The summed E-state index contributed by atoms with van der Waals surface area (Å²) in [6.07, 6.45) is 3.81. The summed E-state index contributed by atoms with van der Waals surface area (Å²) < 4.78 is 10.9. The number of ether oxygens (including phenoxy) is 2. The van der Waals surface area contributed by atoms with Gasteiger partial charge in [-0.15, -0.1) is 6.58 Å². The van der Waals surface area contributed by atoms with E-state index in [0.717, 1.165) is 16.7 Å². The van der Waals surface area contributed by atoms with Gasteiger partial charge in [-0.25, -0.2) is 0 Å². The summed E-state index contributed by atoms with van der Waals surface area (Å²) >= 11 is 5.30. The standard InChI is InChI=1S/C24H24N2O4S/c1-6-7-17-11-16(13-20(29-4)21(17)30-5)12-18-22(27)25-24(31)26(23(18)28)19-9-8-14(2)10-15(19)3/h6,8-13H,1,7H2,2-5H3,(H,25,27,31)/b18-12+. The number of hydrogen-bond acceptors (Lipinski definition) is 5. The maximum atomic E-state index is 13.3. The molecule has 0 unspecified atom stereocenters. The van der Waals surface area contributed by atoms with Gasteiger partial charge < -0.3 is 9.47 Å². The van der Waals surface area contributed by atoms with Crippen molar-refractivity contribution in [3.63, 3.8) is 0 Å². The summed E-state index contributed by atoms with van der Waals surface area (Å²) in [5.41, 5.74) is 4.01. The van der Waals surface area contributed by atoms with Gasteiger partial charge >= 0.3 is 0 Å². The van der Waals surface area contributed by atoms with Gasteiger partial charge in [-0.1, -0.05) is 23.8 Å². The van der Waals surface area contributed by atoms with Gasteiger partial charge in [-0.3, -0.25) is 19.8 Å². The summed E-state index contributed by atoms with van der Waals surface area (Å²) in [6, 6.07) is 9.23. The first-order valence-corrected chi connectivity index (χ1v) is 10.1. The summed E-state index contributed by atoms with van der Waals surface area (Å²) in [5, 5.41) is 2.67. The van der Waals surface area contributed by atoms with E-state index in [1.54, 1.807) is 19.3 Å². The number of anilines is 1. The van der Waals surface area contributed by atoms with Gasteiger partial charge in [0.2, 0.25) is 0 Å². The Balaban J connectivity index is 2.10. The van der Waals surface area contributed by atoms with Crippen molar-refractivity contribution in [1.29, 1.82) is 0 Å². The molecule has 0 atom stereocenters. The average Bonchev–Trinajstić information content (AvgIpc) is 2.72. The van der Waals surface area contributed by atoms with Crippen LogP contribution in [-0.4, -0.2) is 31.1 Å². The molecule has 0 radical (unpaired) electrons. The average molecular weight is 437 g/mol. The molecule has 7 heteroatoms. The van der Waals surface area contributed by atoms with Crippen LogP contribution in [0.15, 0.2) is 48.6 Å². The van der Waals surface area contributed by atoms with E-state index >= 15 is 0 Å². The highest BCUT2D eigenvalue weighted by Gasteiger charge is 2.35. The SMILES string of the molecule is C=CCc1cc(/C=C2\C(=O)NC(=S)N(c3ccc(C)cc3C)C2=O)cc(OC)c1OC. The molecular formula is C24H24N2O4S. The third-order valence-electron chi connectivity index (χ3n) is 4.95. The van der Waals surface area contributed by atoms with Crippen molar-refractivity contribution >= 4 is 40.9 Å². The molecule has 6 nitrogen and oxygen atoms in total. The van der Waals surface area contributed by atoms with Crippen LogP contribution in [0.5, 0.6) is 11.5 Å². The van der Waals surface area contributed by atoms with E-state index < -0.39 is 11.8 Å².